The van der Waals surface area contributed by atoms with Gasteiger partial charge in [0.15, 0.2) is 5.11 Å². The Bertz CT molecular complexity index is 914. The predicted octanol–water partition coefficient (Wildman–Crippen LogP) is 2.58. The maximum atomic E-state index is 12.4. The number of nitrogens with zero attached hydrogens (tertiary/aromatic N) is 2. The number of halogens is 2. The Labute approximate surface area is 165 Å². The molecular weight excluding hydrogens is 395 g/mol. The van der Waals surface area contributed by atoms with Crippen LogP contribution in [0.1, 0.15) is 15.9 Å². The number of nitrogens with two attached hydrogens (primary N) is 1. The summed E-state index contributed by atoms with van der Waals surface area (Å²) in [5, 5.41) is 2.21. The van der Waals surface area contributed by atoms with E-state index in [1.807, 2.05) is 0 Å². The number of hydrazine groups is 1. The van der Waals surface area contributed by atoms with E-state index >= 15 is 0 Å². The largest absolute Gasteiger partial charge is 0.375 e. The van der Waals surface area contributed by atoms with Gasteiger partial charge in [-0.3, -0.25) is 20.0 Å². The summed E-state index contributed by atoms with van der Waals surface area (Å²) in [6.45, 7) is 4.02. The number of thiocarbonyl (C=S) groups is 1. The predicted molar refractivity (Wildman–Crippen MR) is 107 cm³/mol. The lowest BCUT2D eigenvalue weighted by atomic mass is 10.2. The van der Waals surface area contributed by atoms with Gasteiger partial charge in [-0.15, -0.1) is 6.58 Å². The van der Waals surface area contributed by atoms with E-state index < -0.39 is 5.91 Å². The molecule has 0 saturated heterocycles. The van der Waals surface area contributed by atoms with E-state index in [1.165, 1.54) is 27.9 Å². The first-order valence-corrected chi connectivity index (χ1v) is 8.61. The molecule has 26 heavy (non-hydrogen) atoms. The Balaban J connectivity index is 2.26. The van der Waals surface area contributed by atoms with Gasteiger partial charge in [0.05, 0.1) is 18.7 Å². The van der Waals surface area contributed by atoms with Gasteiger partial charge in [0, 0.05) is 22.3 Å². The number of hydrogen-bond donors (Lipinski definition) is 2. The molecule has 0 atom stereocenters. The minimum absolute atomic E-state index is 0.000447. The molecular formula is C17H16Cl2N4O2S. The highest BCUT2D eigenvalue weighted by Gasteiger charge is 2.13. The fourth-order valence-electron chi connectivity index (χ4n) is 2.13. The molecule has 1 aromatic heterocycles. The monoisotopic (exact) mass is 410 g/mol. The van der Waals surface area contributed by atoms with Crippen LogP contribution < -0.4 is 16.7 Å². The molecule has 1 heterocycles. The standard InChI is InChI=1S/C17H16Cl2N4O2S/c1-2-7-23(17(20)26)21-16(25)12-4-6-15(24)22(10-12)9-11-3-5-13(18)8-14(11)19/h2-6,8,10H,1,7,9H2,(H2,20,26)(H,21,25). The van der Waals surface area contributed by atoms with Gasteiger partial charge in [0.1, 0.15) is 0 Å². The Morgan fingerprint density at radius 2 is 2.08 bits per heavy atom. The van der Waals surface area contributed by atoms with Gasteiger partial charge in [-0.2, -0.15) is 0 Å². The minimum Gasteiger partial charge on any atom is -0.375 e. The minimum atomic E-state index is -0.462. The van der Waals surface area contributed by atoms with Crippen molar-refractivity contribution < 1.29 is 4.79 Å². The van der Waals surface area contributed by atoms with E-state index in [-0.39, 0.29) is 29.3 Å². The van der Waals surface area contributed by atoms with Gasteiger partial charge in [0.2, 0.25) is 0 Å². The highest BCUT2D eigenvalue weighted by Crippen LogP contribution is 2.21. The van der Waals surface area contributed by atoms with Crippen molar-refractivity contribution in [1.82, 2.24) is 15.0 Å². The number of aromatic nitrogens is 1. The third kappa shape index (κ3) is 5.08. The van der Waals surface area contributed by atoms with Crippen molar-refractivity contribution in [2.45, 2.75) is 6.54 Å². The molecule has 0 radical (unpaired) electrons. The van der Waals surface area contributed by atoms with E-state index in [9.17, 15) is 9.59 Å². The highest BCUT2D eigenvalue weighted by molar-refractivity contribution is 7.80. The summed E-state index contributed by atoms with van der Waals surface area (Å²) in [6.07, 6.45) is 2.98. The molecule has 6 nitrogen and oxygen atoms in total. The van der Waals surface area contributed by atoms with Crippen molar-refractivity contribution in [3.05, 3.63) is 80.7 Å². The maximum Gasteiger partial charge on any atom is 0.271 e. The summed E-state index contributed by atoms with van der Waals surface area (Å²) in [7, 11) is 0. The van der Waals surface area contributed by atoms with Crippen molar-refractivity contribution in [2.24, 2.45) is 5.73 Å². The summed E-state index contributed by atoms with van der Waals surface area (Å²) in [5.74, 6) is -0.462. The number of benzene rings is 1. The van der Waals surface area contributed by atoms with Crippen molar-refractivity contribution in [1.29, 1.82) is 0 Å². The van der Waals surface area contributed by atoms with Gasteiger partial charge >= 0.3 is 0 Å². The summed E-state index contributed by atoms with van der Waals surface area (Å²) < 4.78 is 1.38. The van der Waals surface area contributed by atoms with Crippen LogP contribution in [0.3, 0.4) is 0 Å². The number of rotatable bonds is 5. The molecule has 1 aromatic carbocycles. The number of nitrogens with one attached hydrogen (secondary N) is 1. The molecule has 0 saturated carbocycles. The van der Waals surface area contributed by atoms with Gasteiger partial charge in [-0.25, -0.2) is 0 Å². The highest BCUT2D eigenvalue weighted by atomic mass is 35.5. The zero-order chi connectivity index (χ0) is 19.3. The molecule has 136 valence electrons. The average molecular weight is 411 g/mol. The molecule has 3 N–H and O–H groups in total. The Kier molecular flexibility index (Phi) is 6.79. The number of hydrogen-bond acceptors (Lipinski definition) is 3. The van der Waals surface area contributed by atoms with Crippen molar-refractivity contribution in [2.75, 3.05) is 6.54 Å². The van der Waals surface area contributed by atoms with Crippen LogP contribution in [-0.4, -0.2) is 27.1 Å². The van der Waals surface area contributed by atoms with Crippen molar-refractivity contribution in [3.8, 4) is 0 Å². The first-order chi connectivity index (χ1) is 12.3. The molecule has 2 aromatic rings. The van der Waals surface area contributed by atoms with Crippen LogP contribution in [0.15, 0.2) is 54.0 Å². The molecule has 0 unspecified atom stereocenters. The van der Waals surface area contributed by atoms with E-state index in [2.05, 4.69) is 12.0 Å². The van der Waals surface area contributed by atoms with Gasteiger partial charge in [0.25, 0.3) is 11.5 Å². The molecule has 0 bridgehead atoms. The van der Waals surface area contributed by atoms with Crippen LogP contribution in [-0.2, 0) is 6.54 Å². The van der Waals surface area contributed by atoms with Gasteiger partial charge in [-0.1, -0.05) is 35.3 Å². The second kappa shape index (κ2) is 8.84. The lowest BCUT2D eigenvalue weighted by molar-refractivity contribution is 0.0878. The van der Waals surface area contributed by atoms with E-state index in [0.29, 0.717) is 15.6 Å². The number of pyridine rings is 1. The molecule has 2 rings (SSSR count). The second-order valence-electron chi connectivity index (χ2n) is 5.30. The molecule has 0 aliphatic carbocycles. The van der Waals surface area contributed by atoms with Crippen LogP contribution in [0.5, 0.6) is 0 Å². The zero-order valence-electron chi connectivity index (χ0n) is 13.6. The van der Waals surface area contributed by atoms with Crippen LogP contribution >= 0.6 is 35.4 Å². The summed E-state index contributed by atoms with van der Waals surface area (Å²) >= 11 is 16.9. The summed E-state index contributed by atoms with van der Waals surface area (Å²) in [5.41, 5.74) is 8.80. The fraction of sp³-hybridized carbons (Fsp3) is 0.118. The average Bonchev–Trinajstić information content (AvgIpc) is 2.58. The quantitative estimate of drug-likeness (QED) is 0.449. The topological polar surface area (TPSA) is 80.4 Å². The molecule has 0 aliphatic heterocycles. The molecule has 0 fully saturated rings. The Morgan fingerprint density at radius 1 is 1.35 bits per heavy atom. The summed E-state index contributed by atoms with van der Waals surface area (Å²) in [6, 6.07) is 7.72. The third-order valence-electron chi connectivity index (χ3n) is 3.42. The first-order valence-electron chi connectivity index (χ1n) is 7.45. The maximum absolute atomic E-state index is 12.4. The fourth-order valence-corrected chi connectivity index (χ4v) is 2.72. The number of carbonyl (C=O) groups excluding carboxylic acids is 1. The SMILES string of the molecule is C=CCN(NC(=O)c1ccc(=O)n(Cc2ccc(Cl)cc2Cl)c1)C(N)=S. The van der Waals surface area contributed by atoms with Crippen LogP contribution in [0, 0.1) is 0 Å². The Morgan fingerprint density at radius 3 is 2.69 bits per heavy atom. The van der Waals surface area contributed by atoms with E-state index in [0.717, 1.165) is 0 Å². The van der Waals surface area contributed by atoms with E-state index in [4.69, 9.17) is 41.2 Å². The lowest BCUT2D eigenvalue weighted by Gasteiger charge is -2.21. The number of carbonyl (C=O) groups is 1. The van der Waals surface area contributed by atoms with E-state index in [1.54, 1.807) is 24.3 Å². The summed E-state index contributed by atoms with van der Waals surface area (Å²) in [4.78, 5) is 24.5. The van der Waals surface area contributed by atoms with Crippen molar-refractivity contribution in [3.63, 3.8) is 0 Å². The third-order valence-corrected chi connectivity index (χ3v) is 4.22. The smallest absolute Gasteiger partial charge is 0.271 e. The molecule has 1 amide bonds. The molecule has 0 spiro atoms. The lowest BCUT2D eigenvalue weighted by Crippen LogP contribution is -2.48. The Hall–Kier alpha value is -2.35. The normalized spacial score (nSPS) is 10.2. The second-order valence-corrected chi connectivity index (χ2v) is 6.56. The van der Waals surface area contributed by atoms with Crippen LogP contribution in [0.2, 0.25) is 10.0 Å². The van der Waals surface area contributed by atoms with Crippen LogP contribution in [0.4, 0.5) is 0 Å². The molecule has 9 heteroatoms. The zero-order valence-corrected chi connectivity index (χ0v) is 15.9. The number of amides is 1. The molecule has 0 aliphatic rings. The first kappa shape index (κ1) is 20.0. The van der Waals surface area contributed by atoms with Crippen molar-refractivity contribution >= 4 is 46.4 Å². The van der Waals surface area contributed by atoms with Crippen LogP contribution in [0.25, 0.3) is 0 Å². The van der Waals surface area contributed by atoms with Gasteiger partial charge in [-0.05, 0) is 36.0 Å². The van der Waals surface area contributed by atoms with Gasteiger partial charge < -0.3 is 10.3 Å².